The molecule has 0 aromatic carbocycles. The van der Waals surface area contributed by atoms with E-state index in [0.717, 1.165) is 0 Å². The SMILES string of the molecule is C.C.C.C.C.C.P=S.P=S.P=S.P=S.PP.[H-].[H-].[K+].[K+]. The summed E-state index contributed by atoms with van der Waals surface area (Å²) in [5, 5.41) is 0. The summed E-state index contributed by atoms with van der Waals surface area (Å²) < 4.78 is 0. The third-order valence-corrected chi connectivity index (χ3v) is 0. The van der Waals surface area contributed by atoms with E-state index in [0.29, 0.717) is 0 Å². The van der Waals surface area contributed by atoms with Crippen LogP contribution in [0, 0.1) is 0 Å². The average Bonchev–Trinajstić information content (AvgIpc) is 2.20. The maximum atomic E-state index is 3.89. The van der Waals surface area contributed by atoms with Crippen LogP contribution in [-0.4, -0.2) is 0 Å². The van der Waals surface area contributed by atoms with Crippen molar-refractivity contribution in [1.82, 2.24) is 0 Å². The van der Waals surface area contributed by atoms with Crippen LogP contribution in [0.1, 0.15) is 47.4 Å². The summed E-state index contributed by atoms with van der Waals surface area (Å²) in [6.07, 6.45) is 0. The topological polar surface area (TPSA) is 0 Å². The van der Waals surface area contributed by atoms with Gasteiger partial charge in [-0.2, -0.15) is 0 Å². The van der Waals surface area contributed by atoms with Crippen LogP contribution in [0.15, 0.2) is 0 Å². The Labute approximate surface area is 241 Å². The quantitative estimate of drug-likeness (QED) is 0.362. The van der Waals surface area contributed by atoms with E-state index in [1.165, 1.54) is 0 Å². The van der Waals surface area contributed by atoms with Crippen molar-refractivity contribution in [3.8, 4) is 0 Å². The van der Waals surface area contributed by atoms with Gasteiger partial charge >= 0.3 is 103 Å². The van der Waals surface area contributed by atoms with Crippen LogP contribution in [0.5, 0.6) is 0 Å². The predicted octanol–water partition coefficient (Wildman–Crippen LogP) is 1.07. The first-order valence-corrected chi connectivity index (χ1v) is 10.3. The molecule has 0 amide bonds. The van der Waals surface area contributed by atoms with Crippen LogP contribution >= 0.6 is 49.9 Å². The van der Waals surface area contributed by atoms with Crippen molar-refractivity contribution in [3.63, 3.8) is 0 Å². The van der Waals surface area contributed by atoms with Gasteiger partial charge in [-0.25, -0.2) is 0 Å². The molecule has 0 fully saturated rings. The van der Waals surface area contributed by atoms with Crippen LogP contribution in [-0.2, 0) is 47.2 Å². The molecule has 0 saturated carbocycles. The Morgan fingerprint density at radius 3 is 0.444 bits per heavy atom. The van der Waals surface area contributed by atoms with Gasteiger partial charge < -0.3 is 2.85 Å². The number of rotatable bonds is 0. The molecule has 0 aromatic heterocycles. The number of hydrogen-bond acceptors (Lipinski definition) is 4. The Kier molecular flexibility index (Phi) is 1710. The second kappa shape index (κ2) is 297. The van der Waals surface area contributed by atoms with Gasteiger partial charge in [-0.1, -0.05) is 91.8 Å². The smallest absolute Gasteiger partial charge is 1.00 e. The minimum atomic E-state index is 0. The van der Waals surface area contributed by atoms with E-state index < -0.39 is 0 Å². The molecule has 0 aliphatic rings. The van der Waals surface area contributed by atoms with Gasteiger partial charge in [0.05, 0.1) is 0 Å². The normalized spacial score (nSPS) is 1.22. The van der Waals surface area contributed by atoms with Crippen LogP contribution < -0.4 is 103 Å². The summed E-state index contributed by atoms with van der Waals surface area (Å²) in [6.45, 7) is 0. The van der Waals surface area contributed by atoms with Crippen molar-refractivity contribution >= 4 is 97.1 Å². The van der Waals surface area contributed by atoms with Gasteiger partial charge in [0, 0.05) is 0 Å². The third-order valence-electron chi connectivity index (χ3n) is 0. The molecule has 18 heavy (non-hydrogen) atoms. The molecule has 0 nitrogen and oxygen atoms in total. The zero-order valence-corrected chi connectivity index (χ0v) is 22.6. The van der Waals surface area contributed by atoms with E-state index in [4.69, 9.17) is 0 Å². The van der Waals surface area contributed by atoms with E-state index in [1.54, 1.807) is 0 Å². The fourth-order valence-electron chi connectivity index (χ4n) is 0. The second-order valence-corrected chi connectivity index (χ2v) is 0. The van der Waals surface area contributed by atoms with Gasteiger partial charge in [0.25, 0.3) is 0 Å². The molecule has 2 unspecified atom stereocenters. The summed E-state index contributed by atoms with van der Waals surface area (Å²) in [4.78, 5) is 0. The van der Waals surface area contributed by atoms with E-state index in [-0.39, 0.29) is 150 Å². The monoisotopic (exact) mass is 498 g/mol. The summed E-state index contributed by atoms with van der Waals surface area (Å²) >= 11 is 15.6. The minimum Gasteiger partial charge on any atom is -1.00 e. The first kappa shape index (κ1) is 104. The molecular weight excluding hydrogens is 464 g/mol. The Morgan fingerprint density at radius 2 is 0.444 bits per heavy atom. The molecule has 0 rings (SSSR count). The van der Waals surface area contributed by atoms with Gasteiger partial charge in [-0.15, -0.1) is 17.9 Å². The average molecular weight is 499 g/mol. The molecule has 0 N–H and O–H groups in total. The van der Waals surface area contributed by atoms with Gasteiger partial charge in [-0.05, 0) is 32.1 Å². The Balaban J connectivity index is -0.00000000107. The molecule has 0 saturated heterocycles. The summed E-state index contributed by atoms with van der Waals surface area (Å²) in [6, 6.07) is 0. The zero-order valence-electron chi connectivity index (χ0n) is 8.79. The van der Waals surface area contributed by atoms with E-state index in [2.05, 4.69) is 97.1 Å². The summed E-state index contributed by atoms with van der Waals surface area (Å²) in [7, 11) is 14.9. The molecule has 0 aromatic rings. The first-order chi connectivity index (χ1) is 5.00. The molecule has 114 valence electrons. The van der Waals surface area contributed by atoms with Crippen molar-refractivity contribution < 1.29 is 106 Å². The molecule has 12 heteroatoms. The van der Waals surface area contributed by atoms with Gasteiger partial charge in [0.1, 0.15) is 0 Å². The van der Waals surface area contributed by atoms with Crippen molar-refractivity contribution in [2.75, 3.05) is 0 Å². The molecule has 0 aliphatic heterocycles. The largest absolute Gasteiger partial charge is 1.00 e. The fourth-order valence-corrected chi connectivity index (χ4v) is 0. The summed E-state index contributed by atoms with van der Waals surface area (Å²) in [5.41, 5.74) is 0. The maximum absolute atomic E-state index is 3.89. The van der Waals surface area contributed by atoms with Gasteiger partial charge in [0.15, 0.2) is 0 Å². The molecule has 0 bridgehead atoms. The predicted molar refractivity (Wildman–Crippen MR) is 125 cm³/mol. The van der Waals surface area contributed by atoms with E-state index in [1.807, 2.05) is 0 Å². The molecule has 2 atom stereocenters. The minimum absolute atomic E-state index is 0. The van der Waals surface area contributed by atoms with Crippen LogP contribution in [0.25, 0.3) is 0 Å². The molecule has 0 heterocycles. The third kappa shape index (κ3) is 259. The van der Waals surface area contributed by atoms with Gasteiger partial charge in [-0.3, -0.25) is 0 Å². The summed E-state index contributed by atoms with van der Waals surface area (Å²) in [5.74, 6) is 0. The molecular formula is C6H34K2P6S4. The Hall–Kier alpha value is 6.21. The van der Waals surface area contributed by atoms with Crippen LogP contribution in [0.2, 0.25) is 0 Å². The van der Waals surface area contributed by atoms with E-state index in [9.17, 15) is 0 Å². The van der Waals surface area contributed by atoms with Crippen LogP contribution in [0.3, 0.4) is 0 Å². The van der Waals surface area contributed by atoms with Crippen molar-refractivity contribution in [2.45, 2.75) is 44.6 Å². The molecule has 0 radical (unpaired) electrons. The van der Waals surface area contributed by atoms with E-state index >= 15 is 0 Å². The zero-order chi connectivity index (χ0) is 10.0. The van der Waals surface area contributed by atoms with Crippen LogP contribution in [0.4, 0.5) is 0 Å². The second-order valence-electron chi connectivity index (χ2n) is 0. The molecule has 0 aliphatic carbocycles. The van der Waals surface area contributed by atoms with Crippen molar-refractivity contribution in [3.05, 3.63) is 0 Å². The number of hydrogen-bond donors (Lipinski definition) is 0. The standard InChI is InChI=1S/6CH4.2K.H4P2.4HPS.2H/c;;;;;;;;5*1-2;;/h6*1H4;;;1-2H2;4*1H;;/q;;;;;;2*+1;;;;;;2*-1. The first-order valence-electron chi connectivity index (χ1n) is 1.15. The maximum Gasteiger partial charge on any atom is 1.00 e. The van der Waals surface area contributed by atoms with Gasteiger partial charge in [0.2, 0.25) is 0 Å². The Bertz CT molecular complexity index is 51.4. The fraction of sp³-hybridized carbons (Fsp3) is 1.00. The molecule has 0 spiro atoms. The van der Waals surface area contributed by atoms with Crippen molar-refractivity contribution in [1.29, 1.82) is 0 Å². The van der Waals surface area contributed by atoms with Crippen molar-refractivity contribution in [2.24, 2.45) is 0 Å². The Morgan fingerprint density at radius 1 is 0.444 bits per heavy atom.